The second kappa shape index (κ2) is 6.82. The van der Waals surface area contributed by atoms with Crippen LogP contribution >= 0.6 is 0 Å². The lowest BCUT2D eigenvalue weighted by atomic mass is 9.88. The third kappa shape index (κ3) is 3.63. The molecular formula is C19H29N3O2. The highest BCUT2D eigenvalue weighted by atomic mass is 16.5. The van der Waals surface area contributed by atoms with Gasteiger partial charge in [0.15, 0.2) is 0 Å². The fraction of sp³-hybridized carbons (Fsp3) is 0.632. The Morgan fingerprint density at radius 1 is 1.17 bits per heavy atom. The molecule has 2 heterocycles. The van der Waals surface area contributed by atoms with E-state index in [1.54, 1.807) is 0 Å². The van der Waals surface area contributed by atoms with Crippen molar-refractivity contribution in [2.24, 2.45) is 5.73 Å². The standard InChI is InChI=1S/C19H29N3O2/c1-18(2)15-21(17(23)19(20)8-12-24-13-9-19)10-11-22(18)14-16-6-4-3-5-7-16/h3-7H,8-15,20H2,1-2H3. The van der Waals surface area contributed by atoms with E-state index in [1.165, 1.54) is 5.56 Å². The van der Waals surface area contributed by atoms with Crippen LogP contribution in [0.4, 0.5) is 0 Å². The molecule has 5 nitrogen and oxygen atoms in total. The maximum absolute atomic E-state index is 13.0. The summed E-state index contributed by atoms with van der Waals surface area (Å²) in [6.45, 7) is 8.84. The van der Waals surface area contributed by atoms with E-state index in [2.05, 4.69) is 43.0 Å². The highest BCUT2D eigenvalue weighted by Crippen LogP contribution is 2.27. The third-order valence-corrected chi connectivity index (χ3v) is 5.39. The van der Waals surface area contributed by atoms with Crippen molar-refractivity contribution in [1.82, 2.24) is 9.80 Å². The van der Waals surface area contributed by atoms with Crippen molar-refractivity contribution in [3.63, 3.8) is 0 Å². The van der Waals surface area contributed by atoms with E-state index < -0.39 is 5.54 Å². The number of nitrogens with zero attached hydrogens (tertiary/aromatic N) is 2. The highest BCUT2D eigenvalue weighted by molar-refractivity contribution is 5.86. The largest absolute Gasteiger partial charge is 0.381 e. The predicted octanol–water partition coefficient (Wildman–Crippen LogP) is 1.62. The summed E-state index contributed by atoms with van der Waals surface area (Å²) in [4.78, 5) is 17.4. The number of benzene rings is 1. The molecule has 1 aromatic rings. The third-order valence-electron chi connectivity index (χ3n) is 5.39. The van der Waals surface area contributed by atoms with Gasteiger partial charge < -0.3 is 15.4 Å². The zero-order chi connectivity index (χ0) is 17.2. The molecule has 2 N–H and O–H groups in total. The van der Waals surface area contributed by atoms with E-state index in [0.717, 1.165) is 26.2 Å². The van der Waals surface area contributed by atoms with Crippen LogP contribution in [0.1, 0.15) is 32.3 Å². The lowest BCUT2D eigenvalue weighted by Crippen LogP contribution is -2.65. The zero-order valence-corrected chi connectivity index (χ0v) is 14.8. The van der Waals surface area contributed by atoms with Gasteiger partial charge in [0.25, 0.3) is 0 Å². The molecule has 0 bridgehead atoms. The molecule has 2 saturated heterocycles. The fourth-order valence-electron chi connectivity index (χ4n) is 3.72. The summed E-state index contributed by atoms with van der Waals surface area (Å²) < 4.78 is 5.37. The molecule has 0 aliphatic carbocycles. The van der Waals surface area contributed by atoms with Gasteiger partial charge in [0.2, 0.25) is 5.91 Å². The topological polar surface area (TPSA) is 58.8 Å². The van der Waals surface area contributed by atoms with E-state index in [-0.39, 0.29) is 11.4 Å². The Bertz CT molecular complexity index is 567. The first-order valence-electron chi connectivity index (χ1n) is 8.86. The number of hydrogen-bond acceptors (Lipinski definition) is 4. The summed E-state index contributed by atoms with van der Waals surface area (Å²) in [5.74, 6) is 0.0956. The van der Waals surface area contributed by atoms with Gasteiger partial charge in [-0.15, -0.1) is 0 Å². The average Bonchev–Trinajstić information content (AvgIpc) is 2.57. The summed E-state index contributed by atoms with van der Waals surface area (Å²) in [7, 11) is 0. The molecule has 3 rings (SSSR count). The Morgan fingerprint density at radius 2 is 1.83 bits per heavy atom. The van der Waals surface area contributed by atoms with Crippen molar-refractivity contribution in [3.8, 4) is 0 Å². The van der Waals surface area contributed by atoms with Gasteiger partial charge in [0.1, 0.15) is 0 Å². The minimum atomic E-state index is -0.740. The number of carbonyl (C=O) groups is 1. The SMILES string of the molecule is CC1(C)CN(C(=O)C2(N)CCOCC2)CCN1Cc1ccccc1. The van der Waals surface area contributed by atoms with Crippen molar-refractivity contribution in [1.29, 1.82) is 0 Å². The van der Waals surface area contributed by atoms with Gasteiger partial charge in [0, 0.05) is 44.9 Å². The molecule has 132 valence electrons. The Labute approximate surface area is 144 Å². The predicted molar refractivity (Wildman–Crippen MR) is 94.5 cm³/mol. The zero-order valence-electron chi connectivity index (χ0n) is 14.8. The first kappa shape index (κ1) is 17.4. The summed E-state index contributed by atoms with van der Waals surface area (Å²) in [6.07, 6.45) is 1.24. The summed E-state index contributed by atoms with van der Waals surface area (Å²) in [6, 6.07) is 10.5. The fourth-order valence-corrected chi connectivity index (χ4v) is 3.72. The summed E-state index contributed by atoms with van der Waals surface area (Å²) >= 11 is 0. The second-order valence-electron chi connectivity index (χ2n) is 7.71. The molecule has 0 saturated carbocycles. The van der Waals surface area contributed by atoms with Gasteiger partial charge in [-0.25, -0.2) is 0 Å². The molecule has 2 aliphatic heterocycles. The lowest BCUT2D eigenvalue weighted by molar-refractivity contribution is -0.145. The van der Waals surface area contributed by atoms with E-state index in [1.807, 2.05) is 11.0 Å². The van der Waals surface area contributed by atoms with Crippen molar-refractivity contribution in [3.05, 3.63) is 35.9 Å². The maximum atomic E-state index is 13.0. The molecule has 0 atom stereocenters. The summed E-state index contributed by atoms with van der Waals surface area (Å²) in [5.41, 5.74) is 6.90. The van der Waals surface area contributed by atoms with Gasteiger partial charge >= 0.3 is 0 Å². The van der Waals surface area contributed by atoms with E-state index in [0.29, 0.717) is 26.1 Å². The minimum absolute atomic E-state index is 0.0642. The van der Waals surface area contributed by atoms with Crippen molar-refractivity contribution in [2.45, 2.75) is 44.3 Å². The van der Waals surface area contributed by atoms with Crippen molar-refractivity contribution >= 4 is 5.91 Å². The van der Waals surface area contributed by atoms with Crippen molar-refractivity contribution in [2.75, 3.05) is 32.8 Å². The molecule has 24 heavy (non-hydrogen) atoms. The number of ether oxygens (including phenoxy) is 1. The number of carbonyl (C=O) groups excluding carboxylic acids is 1. The smallest absolute Gasteiger partial charge is 0.242 e. The Hall–Kier alpha value is -1.43. The van der Waals surface area contributed by atoms with Crippen LogP contribution in [-0.2, 0) is 16.1 Å². The molecule has 0 spiro atoms. The lowest BCUT2D eigenvalue weighted by Gasteiger charge is -2.49. The monoisotopic (exact) mass is 331 g/mol. The van der Waals surface area contributed by atoms with Crippen LogP contribution in [0.3, 0.4) is 0 Å². The minimum Gasteiger partial charge on any atom is -0.381 e. The number of nitrogens with two attached hydrogens (primary N) is 1. The average molecular weight is 331 g/mol. The van der Waals surface area contributed by atoms with Crippen LogP contribution in [0, 0.1) is 0 Å². The Morgan fingerprint density at radius 3 is 2.46 bits per heavy atom. The van der Waals surface area contributed by atoms with Crippen LogP contribution < -0.4 is 5.73 Å². The molecule has 1 amide bonds. The van der Waals surface area contributed by atoms with E-state index in [4.69, 9.17) is 10.5 Å². The van der Waals surface area contributed by atoms with Gasteiger partial charge in [-0.1, -0.05) is 30.3 Å². The second-order valence-corrected chi connectivity index (χ2v) is 7.71. The number of piperazine rings is 1. The van der Waals surface area contributed by atoms with Crippen LogP contribution in [0.25, 0.3) is 0 Å². The maximum Gasteiger partial charge on any atom is 0.242 e. The van der Waals surface area contributed by atoms with E-state index in [9.17, 15) is 4.79 Å². The van der Waals surface area contributed by atoms with Crippen LogP contribution in [0.5, 0.6) is 0 Å². The molecule has 1 aromatic carbocycles. The molecular weight excluding hydrogens is 302 g/mol. The quantitative estimate of drug-likeness (QED) is 0.914. The van der Waals surface area contributed by atoms with E-state index >= 15 is 0 Å². The normalized spacial score (nSPS) is 23.9. The highest BCUT2D eigenvalue weighted by Gasteiger charge is 2.43. The van der Waals surface area contributed by atoms with Gasteiger partial charge in [0.05, 0.1) is 5.54 Å². The number of rotatable bonds is 3. The van der Waals surface area contributed by atoms with Crippen LogP contribution in [-0.4, -0.2) is 59.6 Å². The molecule has 2 aliphatic rings. The van der Waals surface area contributed by atoms with Crippen LogP contribution in [0.15, 0.2) is 30.3 Å². The molecule has 0 unspecified atom stereocenters. The van der Waals surface area contributed by atoms with Crippen molar-refractivity contribution < 1.29 is 9.53 Å². The van der Waals surface area contributed by atoms with Gasteiger partial charge in [-0.3, -0.25) is 9.69 Å². The molecule has 0 aromatic heterocycles. The molecule has 2 fully saturated rings. The summed E-state index contributed by atoms with van der Waals surface area (Å²) in [5, 5.41) is 0. The first-order valence-corrected chi connectivity index (χ1v) is 8.86. The van der Waals surface area contributed by atoms with Gasteiger partial charge in [-0.2, -0.15) is 0 Å². The Kier molecular flexibility index (Phi) is 4.95. The van der Waals surface area contributed by atoms with Gasteiger partial charge in [-0.05, 0) is 32.3 Å². The Balaban J connectivity index is 1.65. The first-order chi connectivity index (χ1) is 11.4. The number of amides is 1. The van der Waals surface area contributed by atoms with Crippen LogP contribution in [0.2, 0.25) is 0 Å². The molecule has 0 radical (unpaired) electrons. The molecule has 5 heteroatoms. The number of hydrogen-bond donors (Lipinski definition) is 1.